The summed E-state index contributed by atoms with van der Waals surface area (Å²) in [6.45, 7) is 8.08. The Hall–Kier alpha value is -3.60. The molecular formula is C31H35ClN2O7S. The molecule has 224 valence electrons. The van der Waals surface area contributed by atoms with E-state index in [0.29, 0.717) is 39.9 Å². The summed E-state index contributed by atoms with van der Waals surface area (Å²) in [6, 6.07) is 16.5. The van der Waals surface area contributed by atoms with E-state index in [4.69, 9.17) is 25.8 Å². The van der Waals surface area contributed by atoms with Crippen molar-refractivity contribution in [2.75, 3.05) is 25.7 Å². The third-order valence-electron chi connectivity index (χ3n) is 6.70. The van der Waals surface area contributed by atoms with E-state index in [1.165, 1.54) is 26.4 Å². The van der Waals surface area contributed by atoms with Gasteiger partial charge in [0, 0.05) is 28.4 Å². The summed E-state index contributed by atoms with van der Waals surface area (Å²) in [5, 5.41) is 0.424. The first-order chi connectivity index (χ1) is 19.7. The van der Waals surface area contributed by atoms with Crippen LogP contribution in [-0.2, 0) is 24.3 Å². The predicted molar refractivity (Wildman–Crippen MR) is 161 cm³/mol. The molecule has 0 saturated heterocycles. The maximum absolute atomic E-state index is 14.1. The van der Waals surface area contributed by atoms with Gasteiger partial charge in [0.15, 0.2) is 11.5 Å². The average molecular weight is 615 g/mol. The summed E-state index contributed by atoms with van der Waals surface area (Å²) >= 11 is 6.45. The Morgan fingerprint density at radius 2 is 1.71 bits per heavy atom. The Balaban J connectivity index is 1.79. The summed E-state index contributed by atoms with van der Waals surface area (Å²) in [5.41, 5.74) is 2.23. The molecule has 0 spiro atoms. The molecule has 2 atom stereocenters. The molecule has 0 unspecified atom stereocenters. The molecule has 0 fully saturated rings. The molecule has 42 heavy (non-hydrogen) atoms. The lowest BCUT2D eigenvalue weighted by molar-refractivity contribution is -0.137. The molecule has 0 aromatic heterocycles. The van der Waals surface area contributed by atoms with Crippen LogP contribution in [0.2, 0.25) is 5.02 Å². The molecule has 11 heteroatoms. The number of rotatable bonds is 8. The summed E-state index contributed by atoms with van der Waals surface area (Å²) in [7, 11) is -1.17. The molecule has 3 aromatic rings. The highest BCUT2D eigenvalue weighted by Gasteiger charge is 2.40. The zero-order valence-corrected chi connectivity index (χ0v) is 26.0. The van der Waals surface area contributed by atoms with Gasteiger partial charge in [-0.3, -0.25) is 9.59 Å². The normalized spacial score (nSPS) is 17.3. The number of nitrogens with one attached hydrogen (secondary N) is 1. The number of halogens is 1. The number of benzene rings is 3. The number of hydrogen-bond donors (Lipinski definition) is 1. The third-order valence-corrected chi connectivity index (χ3v) is 8.33. The van der Waals surface area contributed by atoms with Gasteiger partial charge in [0.25, 0.3) is 15.9 Å². The highest BCUT2D eigenvalue weighted by molar-refractivity contribution is 7.90. The van der Waals surface area contributed by atoms with Gasteiger partial charge in [0.1, 0.15) is 12.2 Å². The first-order valence-corrected chi connectivity index (χ1v) is 15.2. The molecule has 1 aliphatic heterocycles. The van der Waals surface area contributed by atoms with E-state index in [0.717, 1.165) is 5.56 Å². The van der Waals surface area contributed by atoms with Gasteiger partial charge in [-0.1, -0.05) is 62.2 Å². The number of hydrogen-bond acceptors (Lipinski definition) is 7. The van der Waals surface area contributed by atoms with Crippen LogP contribution in [-0.4, -0.2) is 47.1 Å². The number of methoxy groups -OCH3 is 2. The quantitative estimate of drug-likeness (QED) is 0.360. The van der Waals surface area contributed by atoms with Crippen LogP contribution >= 0.6 is 11.6 Å². The largest absolute Gasteiger partial charge is 0.493 e. The Bertz CT molecular complexity index is 1580. The van der Waals surface area contributed by atoms with Crippen molar-refractivity contribution in [1.82, 2.24) is 4.72 Å². The summed E-state index contributed by atoms with van der Waals surface area (Å²) in [4.78, 5) is 28.8. The van der Waals surface area contributed by atoms with Crippen LogP contribution in [0.4, 0.5) is 5.69 Å². The van der Waals surface area contributed by atoms with Crippen LogP contribution in [0.3, 0.4) is 0 Å². The van der Waals surface area contributed by atoms with E-state index in [1.807, 2.05) is 27.7 Å². The summed E-state index contributed by atoms with van der Waals surface area (Å²) in [6.07, 6.45) is -2.80. The van der Waals surface area contributed by atoms with Crippen LogP contribution in [0.1, 0.15) is 50.0 Å². The molecule has 0 aliphatic carbocycles. The van der Waals surface area contributed by atoms with Crippen molar-refractivity contribution in [2.24, 2.45) is 5.41 Å². The molecule has 2 amide bonds. The second-order valence-electron chi connectivity index (χ2n) is 11.3. The molecule has 0 saturated carbocycles. The van der Waals surface area contributed by atoms with Crippen molar-refractivity contribution in [3.05, 3.63) is 82.4 Å². The van der Waals surface area contributed by atoms with Crippen molar-refractivity contribution >= 4 is 39.1 Å². The van der Waals surface area contributed by atoms with E-state index in [2.05, 4.69) is 4.72 Å². The number of anilines is 1. The highest BCUT2D eigenvalue weighted by Crippen LogP contribution is 2.45. The SMILES string of the molecule is COc1cccc([C@H]2O[C@H](CC(=O)NS(=O)(=O)c3ccc(C)cc3)C(=O)N(CC(C)(C)C)c3ccc(Cl)cc32)c1OC. The van der Waals surface area contributed by atoms with E-state index in [9.17, 15) is 18.0 Å². The van der Waals surface area contributed by atoms with Gasteiger partial charge in [-0.05, 0) is 48.7 Å². The van der Waals surface area contributed by atoms with Crippen molar-refractivity contribution < 1.29 is 32.2 Å². The molecule has 0 bridgehead atoms. The van der Waals surface area contributed by atoms with Gasteiger partial charge in [0.2, 0.25) is 5.91 Å². The number of amides is 2. The average Bonchev–Trinajstić information content (AvgIpc) is 3.02. The second-order valence-corrected chi connectivity index (χ2v) is 13.4. The second kappa shape index (κ2) is 12.3. The smallest absolute Gasteiger partial charge is 0.264 e. The molecule has 4 rings (SSSR count). The number of fused-ring (bicyclic) bond motifs is 1. The van der Waals surface area contributed by atoms with E-state index in [-0.39, 0.29) is 10.3 Å². The lowest BCUT2D eigenvalue weighted by Crippen LogP contribution is -2.45. The van der Waals surface area contributed by atoms with Gasteiger partial charge in [-0.25, -0.2) is 13.1 Å². The van der Waals surface area contributed by atoms with E-state index < -0.39 is 40.5 Å². The lowest BCUT2D eigenvalue weighted by Gasteiger charge is -2.31. The van der Waals surface area contributed by atoms with E-state index >= 15 is 0 Å². The molecule has 1 aliphatic rings. The Morgan fingerprint density at radius 3 is 2.33 bits per heavy atom. The van der Waals surface area contributed by atoms with Crippen molar-refractivity contribution in [1.29, 1.82) is 0 Å². The van der Waals surface area contributed by atoms with Crippen LogP contribution in [0.15, 0.2) is 65.6 Å². The standard InChI is InChI=1S/C31H35ClN2O7S/c1-19-10-13-21(14-11-19)42(37,38)33-27(35)17-26-30(36)34(18-31(2,3)4)24-15-12-20(32)16-23(24)28(41-26)22-8-7-9-25(39-5)29(22)40-6/h7-16,26,28H,17-18H2,1-6H3,(H,33,35)/t26-,28-/m1/s1. The molecule has 3 aromatic carbocycles. The number of sulfonamides is 1. The van der Waals surface area contributed by atoms with Gasteiger partial charge in [0.05, 0.1) is 25.5 Å². The Labute approximate surface area is 251 Å². The Kier molecular flexibility index (Phi) is 9.20. The molecule has 1 heterocycles. The minimum Gasteiger partial charge on any atom is -0.493 e. The fourth-order valence-electron chi connectivity index (χ4n) is 4.84. The molecule has 1 N–H and O–H groups in total. The maximum Gasteiger partial charge on any atom is 0.264 e. The number of carbonyl (C=O) groups is 2. The predicted octanol–water partition coefficient (Wildman–Crippen LogP) is 5.43. The van der Waals surface area contributed by atoms with Gasteiger partial charge >= 0.3 is 0 Å². The van der Waals surface area contributed by atoms with E-state index in [1.54, 1.807) is 53.4 Å². The number of carbonyl (C=O) groups excluding carboxylic acids is 2. The first-order valence-electron chi connectivity index (χ1n) is 13.3. The van der Waals surface area contributed by atoms with Crippen molar-refractivity contribution in [2.45, 2.75) is 51.2 Å². The topological polar surface area (TPSA) is 111 Å². The van der Waals surface area contributed by atoms with Crippen LogP contribution in [0.25, 0.3) is 0 Å². The van der Waals surface area contributed by atoms with Gasteiger partial charge < -0.3 is 19.1 Å². The van der Waals surface area contributed by atoms with Crippen molar-refractivity contribution in [3.63, 3.8) is 0 Å². The monoisotopic (exact) mass is 614 g/mol. The van der Waals surface area contributed by atoms with Crippen LogP contribution in [0.5, 0.6) is 11.5 Å². The minimum absolute atomic E-state index is 0.0649. The fourth-order valence-corrected chi connectivity index (χ4v) is 6.01. The zero-order chi connectivity index (χ0) is 30.8. The minimum atomic E-state index is -4.17. The molecule has 9 nitrogen and oxygen atoms in total. The number of ether oxygens (including phenoxy) is 3. The highest BCUT2D eigenvalue weighted by atomic mass is 35.5. The zero-order valence-electron chi connectivity index (χ0n) is 24.4. The van der Waals surface area contributed by atoms with Crippen LogP contribution < -0.4 is 19.1 Å². The number of aryl methyl sites for hydroxylation is 1. The molecule has 0 radical (unpaired) electrons. The molecular weight excluding hydrogens is 580 g/mol. The fraction of sp³-hybridized carbons (Fsp3) is 0.355. The van der Waals surface area contributed by atoms with Crippen LogP contribution in [0, 0.1) is 12.3 Å². The Morgan fingerprint density at radius 1 is 1.02 bits per heavy atom. The number of para-hydroxylation sites is 1. The maximum atomic E-state index is 14.1. The van der Waals surface area contributed by atoms with Crippen molar-refractivity contribution in [3.8, 4) is 11.5 Å². The summed E-state index contributed by atoms with van der Waals surface area (Å²) in [5.74, 6) is -0.536. The first kappa shape index (κ1) is 31.3. The summed E-state index contributed by atoms with van der Waals surface area (Å²) < 4.78 is 45.6. The lowest BCUT2D eigenvalue weighted by atomic mass is 9.94. The van der Waals surface area contributed by atoms with Gasteiger partial charge in [-0.2, -0.15) is 0 Å². The third kappa shape index (κ3) is 6.88. The number of nitrogens with zero attached hydrogens (tertiary/aromatic N) is 1. The van der Waals surface area contributed by atoms with Gasteiger partial charge in [-0.15, -0.1) is 0 Å².